The van der Waals surface area contributed by atoms with Crippen molar-refractivity contribution in [2.45, 2.75) is 32.6 Å². The third-order valence-electron chi connectivity index (χ3n) is 4.38. The van der Waals surface area contributed by atoms with Crippen molar-refractivity contribution in [2.24, 2.45) is 7.05 Å². The zero-order chi connectivity index (χ0) is 15.7. The van der Waals surface area contributed by atoms with Crippen molar-refractivity contribution in [2.75, 3.05) is 13.1 Å². The number of benzene rings is 1. The Hall–Kier alpha value is -1.85. The second-order valence-corrected chi connectivity index (χ2v) is 6.00. The van der Waals surface area contributed by atoms with Gasteiger partial charge in [0.25, 0.3) is 0 Å². The first-order valence-corrected chi connectivity index (χ1v) is 7.66. The molecule has 1 aliphatic heterocycles. The highest BCUT2D eigenvalue weighted by molar-refractivity contribution is 5.25. The molecule has 1 fully saturated rings. The first-order chi connectivity index (χ1) is 10.5. The molecule has 2 aromatic rings. The van der Waals surface area contributed by atoms with E-state index in [1.165, 1.54) is 11.3 Å². The van der Waals surface area contributed by atoms with Crippen LogP contribution in [0.4, 0.5) is 0 Å². The number of aliphatic hydroxyl groups excluding tert-OH is 1. The van der Waals surface area contributed by atoms with Gasteiger partial charge in [0.05, 0.1) is 5.69 Å². The van der Waals surface area contributed by atoms with E-state index >= 15 is 0 Å². The third kappa shape index (κ3) is 3.00. The predicted molar refractivity (Wildman–Crippen MR) is 84.8 cm³/mol. The van der Waals surface area contributed by atoms with Crippen molar-refractivity contribution in [1.82, 2.24) is 14.7 Å². The van der Waals surface area contributed by atoms with Crippen LogP contribution in [-0.2, 0) is 13.6 Å². The number of nitrogens with zero attached hydrogens (tertiary/aromatic N) is 3. The summed E-state index contributed by atoms with van der Waals surface area (Å²) in [6.45, 7) is 6.28. The summed E-state index contributed by atoms with van der Waals surface area (Å²) in [5.41, 5.74) is 3.48. The quantitative estimate of drug-likeness (QED) is 0.933. The number of para-hydroxylation sites is 1. The van der Waals surface area contributed by atoms with E-state index in [2.05, 4.69) is 16.9 Å². The van der Waals surface area contributed by atoms with E-state index in [1.807, 2.05) is 49.0 Å². The maximum Gasteiger partial charge on any atom is 0.138 e. The van der Waals surface area contributed by atoms with Gasteiger partial charge in [-0.1, -0.05) is 18.2 Å². The average molecular weight is 301 g/mol. The largest absolute Gasteiger partial charge is 0.486 e. The number of hydrogen-bond acceptors (Lipinski definition) is 4. The summed E-state index contributed by atoms with van der Waals surface area (Å²) in [6, 6.07) is 9.68. The zero-order valence-electron chi connectivity index (χ0n) is 13.4. The van der Waals surface area contributed by atoms with Crippen LogP contribution in [0.2, 0.25) is 0 Å². The lowest BCUT2D eigenvalue weighted by molar-refractivity contribution is 0.0737. The molecule has 22 heavy (non-hydrogen) atoms. The number of β-amino-alcohol motifs (C(OH)–C–C–N with tert-alkyl or cyclic N) is 1. The van der Waals surface area contributed by atoms with Crippen molar-refractivity contribution < 1.29 is 9.84 Å². The Kier molecular flexibility index (Phi) is 4.18. The van der Waals surface area contributed by atoms with Gasteiger partial charge in [-0.15, -0.1) is 0 Å². The molecule has 5 nitrogen and oxygen atoms in total. The van der Waals surface area contributed by atoms with Gasteiger partial charge in [-0.3, -0.25) is 9.58 Å². The molecule has 2 atom stereocenters. The van der Waals surface area contributed by atoms with Crippen LogP contribution in [-0.4, -0.2) is 45.1 Å². The van der Waals surface area contributed by atoms with E-state index in [4.69, 9.17) is 4.74 Å². The number of likely N-dealkylation sites (tertiary alicyclic amines) is 1. The van der Waals surface area contributed by atoms with E-state index < -0.39 is 6.10 Å². The highest BCUT2D eigenvalue weighted by atomic mass is 16.5. The molecule has 0 unspecified atom stereocenters. The molecule has 2 heterocycles. The summed E-state index contributed by atoms with van der Waals surface area (Å²) in [5.74, 6) is 0.808. The first-order valence-electron chi connectivity index (χ1n) is 7.66. The van der Waals surface area contributed by atoms with Crippen LogP contribution < -0.4 is 4.74 Å². The van der Waals surface area contributed by atoms with E-state index in [1.54, 1.807) is 0 Å². The fourth-order valence-electron chi connectivity index (χ4n) is 3.02. The van der Waals surface area contributed by atoms with Crippen LogP contribution in [0.5, 0.6) is 5.75 Å². The van der Waals surface area contributed by atoms with Crippen LogP contribution in [0.15, 0.2) is 30.3 Å². The molecule has 1 aromatic carbocycles. The van der Waals surface area contributed by atoms with Crippen molar-refractivity contribution in [3.8, 4) is 5.75 Å². The van der Waals surface area contributed by atoms with Gasteiger partial charge in [0.15, 0.2) is 0 Å². The second-order valence-electron chi connectivity index (χ2n) is 6.00. The van der Waals surface area contributed by atoms with E-state index in [0.29, 0.717) is 6.54 Å². The summed E-state index contributed by atoms with van der Waals surface area (Å²) < 4.78 is 7.82. The average Bonchev–Trinajstić information content (AvgIpc) is 2.95. The Balaban J connectivity index is 1.65. The van der Waals surface area contributed by atoms with Gasteiger partial charge in [-0.25, -0.2) is 0 Å². The molecule has 3 rings (SSSR count). The lowest BCUT2D eigenvalue weighted by atomic mass is 10.2. The van der Waals surface area contributed by atoms with E-state index in [9.17, 15) is 5.11 Å². The minimum absolute atomic E-state index is 0.181. The molecule has 118 valence electrons. The highest BCUT2D eigenvalue weighted by Crippen LogP contribution is 2.22. The second kappa shape index (κ2) is 6.10. The van der Waals surface area contributed by atoms with Crippen LogP contribution in [0.25, 0.3) is 0 Å². The van der Waals surface area contributed by atoms with Gasteiger partial charge in [0.1, 0.15) is 18.0 Å². The predicted octanol–water partition coefficient (Wildman–Crippen LogP) is 1.66. The Labute approximate surface area is 131 Å². The molecular formula is C17H23N3O2. The normalized spacial score (nSPS) is 22.2. The smallest absolute Gasteiger partial charge is 0.138 e. The number of aliphatic hydroxyl groups is 1. The number of ether oxygens (including phenoxy) is 1. The van der Waals surface area contributed by atoms with Crippen LogP contribution in [0.3, 0.4) is 0 Å². The van der Waals surface area contributed by atoms with Gasteiger partial charge in [-0.05, 0) is 26.0 Å². The number of aromatic nitrogens is 2. The van der Waals surface area contributed by atoms with Crippen molar-refractivity contribution >= 4 is 0 Å². The van der Waals surface area contributed by atoms with Crippen molar-refractivity contribution in [3.63, 3.8) is 0 Å². The Morgan fingerprint density at radius 1 is 1.23 bits per heavy atom. The third-order valence-corrected chi connectivity index (χ3v) is 4.38. The van der Waals surface area contributed by atoms with Crippen molar-refractivity contribution in [3.05, 3.63) is 47.3 Å². The Bertz CT molecular complexity index is 639. The Morgan fingerprint density at radius 2 is 1.95 bits per heavy atom. The summed E-state index contributed by atoms with van der Waals surface area (Å²) in [7, 11) is 1.96. The molecular weight excluding hydrogens is 278 g/mol. The van der Waals surface area contributed by atoms with Crippen LogP contribution >= 0.6 is 0 Å². The molecule has 1 saturated heterocycles. The van der Waals surface area contributed by atoms with E-state index in [0.717, 1.165) is 24.5 Å². The zero-order valence-corrected chi connectivity index (χ0v) is 13.4. The number of rotatable bonds is 4. The molecule has 1 N–H and O–H groups in total. The molecule has 5 heteroatoms. The maximum absolute atomic E-state index is 10.3. The monoisotopic (exact) mass is 301 g/mol. The van der Waals surface area contributed by atoms with E-state index in [-0.39, 0.29) is 6.10 Å². The molecule has 0 bridgehead atoms. The van der Waals surface area contributed by atoms with Gasteiger partial charge in [0.2, 0.25) is 0 Å². The van der Waals surface area contributed by atoms with Gasteiger partial charge in [-0.2, -0.15) is 5.10 Å². The molecule has 0 saturated carbocycles. The fraction of sp³-hybridized carbons (Fsp3) is 0.471. The van der Waals surface area contributed by atoms with Crippen molar-refractivity contribution in [1.29, 1.82) is 0 Å². The lowest BCUT2D eigenvalue weighted by Crippen LogP contribution is -2.29. The maximum atomic E-state index is 10.3. The van der Waals surface area contributed by atoms with Gasteiger partial charge < -0.3 is 9.84 Å². The summed E-state index contributed by atoms with van der Waals surface area (Å²) in [5, 5.41) is 14.7. The Morgan fingerprint density at radius 3 is 2.59 bits per heavy atom. The van der Waals surface area contributed by atoms with Crippen LogP contribution in [0.1, 0.15) is 17.0 Å². The standard InChI is InChI=1S/C17H23N3O2/c1-12-15(13(2)19(3)18-12)9-20-10-16(21)17(11-20)22-14-7-5-4-6-8-14/h4-8,16-17,21H,9-11H2,1-3H3/t16-,17-/m1/s1. The van der Waals surface area contributed by atoms with Crippen LogP contribution in [0, 0.1) is 13.8 Å². The minimum Gasteiger partial charge on any atom is -0.486 e. The molecule has 0 spiro atoms. The molecule has 1 aromatic heterocycles. The number of hydrogen-bond donors (Lipinski definition) is 1. The van der Waals surface area contributed by atoms with Gasteiger partial charge >= 0.3 is 0 Å². The highest BCUT2D eigenvalue weighted by Gasteiger charge is 2.33. The topological polar surface area (TPSA) is 50.5 Å². The molecule has 1 aliphatic rings. The first kappa shape index (κ1) is 15.1. The SMILES string of the molecule is Cc1nn(C)c(C)c1CN1C[C@@H](O)[C@H](Oc2ccccc2)C1. The van der Waals surface area contributed by atoms with Gasteiger partial charge in [0, 0.05) is 37.9 Å². The lowest BCUT2D eigenvalue weighted by Gasteiger charge is -2.17. The summed E-state index contributed by atoms with van der Waals surface area (Å²) in [4.78, 5) is 2.23. The number of aryl methyl sites for hydroxylation is 2. The molecule has 0 aliphatic carbocycles. The fourth-order valence-corrected chi connectivity index (χ4v) is 3.02. The minimum atomic E-state index is -0.461. The molecule has 0 amide bonds. The molecule has 0 radical (unpaired) electrons. The summed E-state index contributed by atoms with van der Waals surface area (Å²) >= 11 is 0. The summed E-state index contributed by atoms with van der Waals surface area (Å²) in [6.07, 6.45) is -0.642.